The van der Waals surface area contributed by atoms with Gasteiger partial charge in [-0.25, -0.2) is 0 Å². The van der Waals surface area contributed by atoms with E-state index in [2.05, 4.69) is 5.16 Å². The number of hydrogen-bond acceptors (Lipinski definition) is 4. The normalized spacial score (nSPS) is 13.1. The number of rotatable bonds is 4. The molecule has 0 aliphatic carbocycles. The minimum Gasteiger partial charge on any atom is -0.508 e. The first kappa shape index (κ1) is 15.1. The molecule has 1 rings (SSSR count). The van der Waals surface area contributed by atoms with Gasteiger partial charge in [-0.05, 0) is 18.2 Å². The lowest BCUT2D eigenvalue weighted by atomic mass is 10.1. The Kier molecular flexibility index (Phi) is 5.00. The summed E-state index contributed by atoms with van der Waals surface area (Å²) in [5, 5.41) is 21.1. The third-order valence-corrected chi connectivity index (χ3v) is 3.02. The molecule has 19 heavy (non-hydrogen) atoms. The lowest BCUT2D eigenvalue weighted by Crippen LogP contribution is -2.36. The molecule has 0 bridgehead atoms. The quantitative estimate of drug-likeness (QED) is 0.338. The van der Waals surface area contributed by atoms with E-state index in [1.54, 1.807) is 14.0 Å². The number of amides is 1. The van der Waals surface area contributed by atoms with Gasteiger partial charge in [0.2, 0.25) is 0 Å². The van der Waals surface area contributed by atoms with Crippen molar-refractivity contribution in [1.82, 2.24) is 4.90 Å². The number of phenols is 1. The Balaban J connectivity index is 2.85. The number of halogens is 1. The first-order chi connectivity index (χ1) is 8.86. The van der Waals surface area contributed by atoms with Crippen LogP contribution in [-0.4, -0.2) is 40.5 Å². The Morgan fingerprint density at radius 1 is 1.58 bits per heavy atom. The average Bonchev–Trinajstić information content (AvgIpc) is 2.39. The zero-order chi connectivity index (χ0) is 14.6. The molecule has 7 heteroatoms. The van der Waals surface area contributed by atoms with Crippen molar-refractivity contribution in [1.29, 1.82) is 0 Å². The standard InChI is InChI=1S/C12H16ClN3O3/c1-7(11(14)15-19)6-16(2)12(18)9-5-8(17)3-4-10(9)13/h3-5,7,17,19H,6H2,1-2H3,(H2,14,15). The zero-order valence-corrected chi connectivity index (χ0v) is 11.4. The number of hydrogen-bond donors (Lipinski definition) is 3. The number of oxime groups is 1. The summed E-state index contributed by atoms with van der Waals surface area (Å²) in [4.78, 5) is 13.5. The Bertz CT molecular complexity index is 505. The van der Waals surface area contributed by atoms with Crippen LogP contribution in [0.3, 0.4) is 0 Å². The molecule has 0 spiro atoms. The van der Waals surface area contributed by atoms with Crippen molar-refractivity contribution in [3.63, 3.8) is 0 Å². The van der Waals surface area contributed by atoms with Gasteiger partial charge < -0.3 is 20.9 Å². The number of carbonyl (C=O) groups is 1. The van der Waals surface area contributed by atoms with Gasteiger partial charge in [0, 0.05) is 19.5 Å². The van der Waals surface area contributed by atoms with Gasteiger partial charge >= 0.3 is 0 Å². The summed E-state index contributed by atoms with van der Waals surface area (Å²) in [5.41, 5.74) is 5.66. The Morgan fingerprint density at radius 3 is 2.79 bits per heavy atom. The maximum Gasteiger partial charge on any atom is 0.255 e. The summed E-state index contributed by atoms with van der Waals surface area (Å²) in [6, 6.07) is 4.15. The molecule has 0 heterocycles. The monoisotopic (exact) mass is 285 g/mol. The van der Waals surface area contributed by atoms with E-state index in [1.807, 2.05) is 0 Å². The Hall–Kier alpha value is -1.95. The predicted octanol–water partition coefficient (Wildman–Crippen LogP) is 1.50. The molecule has 104 valence electrons. The molecular weight excluding hydrogens is 270 g/mol. The van der Waals surface area contributed by atoms with Crippen molar-refractivity contribution >= 4 is 23.3 Å². The van der Waals surface area contributed by atoms with Crippen molar-refractivity contribution in [2.45, 2.75) is 6.92 Å². The minimum atomic E-state index is -0.349. The van der Waals surface area contributed by atoms with E-state index in [0.717, 1.165) is 0 Å². The molecule has 0 aromatic heterocycles. The summed E-state index contributed by atoms with van der Waals surface area (Å²) in [5.74, 6) is -0.638. The van der Waals surface area contributed by atoms with Crippen molar-refractivity contribution in [3.05, 3.63) is 28.8 Å². The van der Waals surface area contributed by atoms with Crippen LogP contribution < -0.4 is 5.73 Å². The molecule has 0 saturated carbocycles. The van der Waals surface area contributed by atoms with Crippen molar-refractivity contribution < 1.29 is 15.1 Å². The van der Waals surface area contributed by atoms with Gasteiger partial charge in [0.15, 0.2) is 0 Å². The van der Waals surface area contributed by atoms with Gasteiger partial charge in [0.1, 0.15) is 11.6 Å². The first-order valence-electron chi connectivity index (χ1n) is 5.58. The van der Waals surface area contributed by atoms with Crippen LogP contribution >= 0.6 is 11.6 Å². The third kappa shape index (κ3) is 3.75. The topological polar surface area (TPSA) is 99.2 Å². The fraction of sp³-hybridized carbons (Fsp3) is 0.333. The van der Waals surface area contributed by atoms with Gasteiger partial charge in [-0.3, -0.25) is 4.79 Å². The summed E-state index contributed by atoms with van der Waals surface area (Å²) < 4.78 is 0. The second kappa shape index (κ2) is 6.29. The average molecular weight is 286 g/mol. The third-order valence-electron chi connectivity index (χ3n) is 2.70. The predicted molar refractivity (Wildman–Crippen MR) is 72.7 cm³/mol. The number of nitrogens with two attached hydrogens (primary N) is 1. The zero-order valence-electron chi connectivity index (χ0n) is 10.7. The highest BCUT2D eigenvalue weighted by Crippen LogP contribution is 2.22. The van der Waals surface area contributed by atoms with Crippen LogP contribution in [0.2, 0.25) is 5.02 Å². The summed E-state index contributed by atoms with van der Waals surface area (Å²) in [6.45, 7) is 1.99. The molecule has 1 atom stereocenters. The van der Waals surface area contributed by atoms with E-state index < -0.39 is 0 Å². The number of benzene rings is 1. The fourth-order valence-electron chi connectivity index (χ4n) is 1.57. The van der Waals surface area contributed by atoms with Gasteiger partial charge in [-0.15, -0.1) is 0 Å². The van der Waals surface area contributed by atoms with Crippen LogP contribution in [-0.2, 0) is 0 Å². The summed E-state index contributed by atoms with van der Waals surface area (Å²) in [7, 11) is 1.57. The molecular formula is C12H16ClN3O3. The van der Waals surface area contributed by atoms with Crippen molar-refractivity contribution in [3.8, 4) is 5.75 Å². The molecule has 1 aromatic carbocycles. The molecule has 0 aliphatic rings. The maximum absolute atomic E-state index is 12.2. The lowest BCUT2D eigenvalue weighted by molar-refractivity contribution is 0.0786. The number of amidine groups is 1. The van der Waals surface area contributed by atoms with E-state index in [9.17, 15) is 9.90 Å². The van der Waals surface area contributed by atoms with E-state index in [-0.39, 0.29) is 40.5 Å². The highest BCUT2D eigenvalue weighted by atomic mass is 35.5. The Morgan fingerprint density at radius 2 is 2.21 bits per heavy atom. The van der Waals surface area contributed by atoms with Gasteiger partial charge in [-0.2, -0.15) is 0 Å². The molecule has 0 fully saturated rings. The maximum atomic E-state index is 12.2. The van der Waals surface area contributed by atoms with Crippen LogP contribution in [0.5, 0.6) is 5.75 Å². The van der Waals surface area contributed by atoms with Crippen molar-refractivity contribution in [2.75, 3.05) is 13.6 Å². The smallest absolute Gasteiger partial charge is 0.255 e. The van der Waals surface area contributed by atoms with Gasteiger partial charge in [-0.1, -0.05) is 23.7 Å². The van der Waals surface area contributed by atoms with Gasteiger partial charge in [0.05, 0.1) is 10.6 Å². The molecule has 0 saturated heterocycles. The van der Waals surface area contributed by atoms with Crippen LogP contribution in [0.25, 0.3) is 0 Å². The van der Waals surface area contributed by atoms with Crippen LogP contribution in [0.4, 0.5) is 0 Å². The van der Waals surface area contributed by atoms with E-state index in [1.165, 1.54) is 23.1 Å². The molecule has 1 amide bonds. The molecule has 1 aromatic rings. The molecule has 4 N–H and O–H groups in total. The van der Waals surface area contributed by atoms with Crippen LogP contribution in [0.1, 0.15) is 17.3 Å². The van der Waals surface area contributed by atoms with Gasteiger partial charge in [0.25, 0.3) is 5.91 Å². The second-order valence-corrected chi connectivity index (χ2v) is 4.68. The fourth-order valence-corrected chi connectivity index (χ4v) is 1.77. The number of nitrogens with zero attached hydrogens (tertiary/aromatic N) is 2. The number of aromatic hydroxyl groups is 1. The number of phenolic OH excluding ortho intramolecular Hbond substituents is 1. The van der Waals surface area contributed by atoms with E-state index in [0.29, 0.717) is 0 Å². The summed E-state index contributed by atoms with van der Waals surface area (Å²) in [6.07, 6.45) is 0. The van der Waals surface area contributed by atoms with Crippen LogP contribution in [0.15, 0.2) is 23.4 Å². The minimum absolute atomic E-state index is 0.0365. The first-order valence-corrected chi connectivity index (χ1v) is 5.96. The SMILES string of the molecule is CC(CN(C)C(=O)c1cc(O)ccc1Cl)/C(N)=N/O. The van der Waals surface area contributed by atoms with E-state index in [4.69, 9.17) is 22.5 Å². The number of carbonyl (C=O) groups excluding carboxylic acids is 1. The largest absolute Gasteiger partial charge is 0.508 e. The second-order valence-electron chi connectivity index (χ2n) is 4.28. The Labute approximate surface area is 116 Å². The van der Waals surface area contributed by atoms with Crippen molar-refractivity contribution in [2.24, 2.45) is 16.8 Å². The highest BCUT2D eigenvalue weighted by molar-refractivity contribution is 6.33. The highest BCUT2D eigenvalue weighted by Gasteiger charge is 2.19. The summed E-state index contributed by atoms with van der Waals surface area (Å²) >= 11 is 5.91. The van der Waals surface area contributed by atoms with Crippen LogP contribution in [0, 0.1) is 5.92 Å². The molecule has 0 aliphatic heterocycles. The van der Waals surface area contributed by atoms with E-state index >= 15 is 0 Å². The lowest BCUT2D eigenvalue weighted by Gasteiger charge is -2.21. The molecule has 6 nitrogen and oxygen atoms in total. The molecule has 1 unspecified atom stereocenters. The molecule has 0 radical (unpaired) electrons.